The maximum absolute atomic E-state index is 13.0. The molecule has 0 saturated carbocycles. The molecule has 0 aliphatic rings. The van der Waals surface area contributed by atoms with Crippen LogP contribution in [0.4, 0.5) is 28.9 Å². The van der Waals surface area contributed by atoms with E-state index in [1.165, 1.54) is 0 Å². The highest BCUT2D eigenvalue weighted by atomic mass is 19.4. The van der Waals surface area contributed by atoms with Gasteiger partial charge in [0.25, 0.3) is 5.69 Å². The lowest BCUT2D eigenvalue weighted by atomic mass is 10.1. The first-order valence-corrected chi connectivity index (χ1v) is 3.90. The van der Waals surface area contributed by atoms with Gasteiger partial charge in [-0.3, -0.25) is 10.1 Å². The van der Waals surface area contributed by atoms with Crippen LogP contribution in [0.2, 0.25) is 0 Å². The summed E-state index contributed by atoms with van der Waals surface area (Å²) in [5.41, 5.74) is -3.74. The summed E-state index contributed by atoms with van der Waals surface area (Å²) in [6, 6.07) is 0.136. The average molecular weight is 250 g/mol. The molecule has 0 spiro atoms. The highest BCUT2D eigenvalue weighted by molar-refractivity contribution is 5.63. The van der Waals surface area contributed by atoms with Gasteiger partial charge in [0.05, 0.1) is 10.5 Å². The van der Waals surface area contributed by atoms with Crippen LogP contribution in [-0.4, -0.2) is 11.0 Å². The number of hydrogen-bond acceptors (Lipinski definition) is 4. The fourth-order valence-electron chi connectivity index (χ4n) is 1.05. The third-order valence-corrected chi connectivity index (χ3v) is 1.73. The minimum Gasteiger partial charge on any atom is -0.258 e. The zero-order chi connectivity index (χ0) is 13.2. The number of aliphatic imine (C=N–C) groups is 1. The number of isocyanates is 1. The molecule has 0 radical (unpaired) electrons. The molecule has 0 bridgehead atoms. The van der Waals surface area contributed by atoms with E-state index in [0.717, 1.165) is 6.08 Å². The molecule has 0 aliphatic heterocycles. The van der Waals surface area contributed by atoms with E-state index in [9.17, 15) is 32.5 Å². The lowest BCUT2D eigenvalue weighted by Crippen LogP contribution is -2.08. The Morgan fingerprint density at radius 1 is 1.35 bits per heavy atom. The van der Waals surface area contributed by atoms with Crippen LogP contribution < -0.4 is 0 Å². The van der Waals surface area contributed by atoms with Gasteiger partial charge in [-0.05, 0) is 0 Å². The molecule has 0 unspecified atom stereocenters. The predicted molar refractivity (Wildman–Crippen MR) is 45.8 cm³/mol. The Hall–Kier alpha value is -2.28. The molecular weight excluding hydrogens is 248 g/mol. The molecule has 17 heavy (non-hydrogen) atoms. The van der Waals surface area contributed by atoms with Gasteiger partial charge < -0.3 is 0 Å². The van der Waals surface area contributed by atoms with Gasteiger partial charge in [-0.1, -0.05) is 0 Å². The van der Waals surface area contributed by atoms with Crippen molar-refractivity contribution in [2.24, 2.45) is 4.99 Å². The number of nitro groups is 1. The minimum atomic E-state index is -5.07. The average Bonchev–Trinajstić information content (AvgIpc) is 2.15. The summed E-state index contributed by atoms with van der Waals surface area (Å²) in [7, 11) is 0. The molecule has 0 atom stereocenters. The summed E-state index contributed by atoms with van der Waals surface area (Å²) in [4.78, 5) is 21.9. The predicted octanol–water partition coefficient (Wildman–Crippen LogP) is 2.72. The quantitative estimate of drug-likeness (QED) is 0.266. The Kier molecular flexibility index (Phi) is 3.23. The standard InChI is InChI=1S/C8H2F4N2O3/c9-5-2-6(13-3-15)7(14(16)17)1-4(5)8(10,11)12/h1-2H. The van der Waals surface area contributed by atoms with E-state index in [4.69, 9.17) is 0 Å². The lowest BCUT2D eigenvalue weighted by Gasteiger charge is -2.07. The van der Waals surface area contributed by atoms with E-state index in [0.29, 0.717) is 0 Å². The van der Waals surface area contributed by atoms with Gasteiger partial charge in [0.15, 0.2) is 5.69 Å². The summed E-state index contributed by atoms with van der Waals surface area (Å²) in [6.07, 6.45) is -4.18. The third kappa shape index (κ3) is 2.64. The number of alkyl halides is 3. The van der Waals surface area contributed by atoms with Gasteiger partial charge >= 0.3 is 6.18 Å². The molecule has 0 aromatic heterocycles. The topological polar surface area (TPSA) is 72.6 Å². The SMILES string of the molecule is O=C=Nc1cc(F)c(C(F)(F)F)cc1[N+](=O)[O-]. The Bertz CT molecular complexity index is 520. The number of hydrogen-bond donors (Lipinski definition) is 0. The van der Waals surface area contributed by atoms with Crippen molar-refractivity contribution in [2.75, 3.05) is 0 Å². The number of carbonyl (C=O) groups excluding carboxylic acids is 1. The van der Waals surface area contributed by atoms with Crippen LogP contribution in [0.1, 0.15) is 5.56 Å². The van der Waals surface area contributed by atoms with Crippen LogP contribution >= 0.6 is 0 Å². The second-order valence-electron chi connectivity index (χ2n) is 2.78. The van der Waals surface area contributed by atoms with Crippen molar-refractivity contribution >= 4 is 17.5 Å². The smallest absolute Gasteiger partial charge is 0.258 e. The highest BCUT2D eigenvalue weighted by Gasteiger charge is 2.36. The van der Waals surface area contributed by atoms with Crippen LogP contribution in [-0.2, 0) is 11.0 Å². The third-order valence-electron chi connectivity index (χ3n) is 1.73. The first-order chi connectivity index (χ1) is 7.77. The second kappa shape index (κ2) is 4.30. The van der Waals surface area contributed by atoms with Crippen LogP contribution in [0.25, 0.3) is 0 Å². The van der Waals surface area contributed by atoms with Crippen molar-refractivity contribution in [1.29, 1.82) is 0 Å². The van der Waals surface area contributed by atoms with Crippen molar-refractivity contribution in [2.45, 2.75) is 6.18 Å². The number of nitrogens with zero attached hydrogens (tertiary/aromatic N) is 2. The molecule has 0 fully saturated rings. The highest BCUT2D eigenvalue weighted by Crippen LogP contribution is 2.38. The van der Waals surface area contributed by atoms with Gasteiger partial charge in [0.1, 0.15) is 5.82 Å². The monoisotopic (exact) mass is 250 g/mol. The maximum atomic E-state index is 13.0. The largest absolute Gasteiger partial charge is 0.419 e. The van der Waals surface area contributed by atoms with Crippen LogP contribution in [0, 0.1) is 15.9 Å². The molecule has 5 nitrogen and oxygen atoms in total. The molecule has 90 valence electrons. The number of rotatable bonds is 2. The molecule has 0 aliphatic carbocycles. The molecule has 1 rings (SSSR count). The molecule has 0 amide bonds. The summed E-state index contributed by atoms with van der Waals surface area (Å²) >= 11 is 0. The summed E-state index contributed by atoms with van der Waals surface area (Å²) in [5.74, 6) is -1.75. The first kappa shape index (κ1) is 12.8. The van der Waals surface area contributed by atoms with E-state index in [-0.39, 0.29) is 12.1 Å². The van der Waals surface area contributed by atoms with Crippen molar-refractivity contribution in [3.8, 4) is 0 Å². The van der Waals surface area contributed by atoms with E-state index in [2.05, 4.69) is 4.99 Å². The van der Waals surface area contributed by atoms with Crippen molar-refractivity contribution in [1.82, 2.24) is 0 Å². The fraction of sp³-hybridized carbons (Fsp3) is 0.125. The van der Waals surface area contributed by atoms with Gasteiger partial charge in [0.2, 0.25) is 6.08 Å². The molecule has 1 aromatic carbocycles. The summed E-state index contributed by atoms with van der Waals surface area (Å²) in [5, 5.41) is 10.4. The molecule has 0 heterocycles. The Balaban J connectivity index is 3.56. The number of halogens is 4. The Morgan fingerprint density at radius 3 is 2.35 bits per heavy atom. The van der Waals surface area contributed by atoms with Crippen LogP contribution in [0.3, 0.4) is 0 Å². The molecular formula is C8H2F4N2O3. The van der Waals surface area contributed by atoms with Gasteiger partial charge in [0, 0.05) is 12.1 Å². The molecule has 0 saturated heterocycles. The molecule has 9 heteroatoms. The maximum Gasteiger partial charge on any atom is 0.419 e. The lowest BCUT2D eigenvalue weighted by molar-refractivity contribution is -0.384. The Morgan fingerprint density at radius 2 is 1.94 bits per heavy atom. The second-order valence-corrected chi connectivity index (χ2v) is 2.78. The van der Waals surface area contributed by atoms with E-state index >= 15 is 0 Å². The van der Waals surface area contributed by atoms with E-state index in [1.807, 2.05) is 0 Å². The van der Waals surface area contributed by atoms with Gasteiger partial charge in [-0.15, -0.1) is 0 Å². The Labute approximate surface area is 90.5 Å². The molecule has 0 N–H and O–H groups in total. The van der Waals surface area contributed by atoms with Gasteiger partial charge in [-0.25, -0.2) is 9.18 Å². The summed E-state index contributed by atoms with van der Waals surface area (Å²) in [6.45, 7) is 0. The van der Waals surface area contributed by atoms with Gasteiger partial charge in [-0.2, -0.15) is 18.2 Å². The van der Waals surface area contributed by atoms with Crippen LogP contribution in [0.5, 0.6) is 0 Å². The number of nitro benzene ring substituents is 1. The zero-order valence-corrected chi connectivity index (χ0v) is 7.79. The minimum absolute atomic E-state index is 0.0223. The first-order valence-electron chi connectivity index (χ1n) is 3.90. The van der Waals surface area contributed by atoms with Crippen molar-refractivity contribution < 1.29 is 27.3 Å². The fourth-order valence-corrected chi connectivity index (χ4v) is 1.05. The van der Waals surface area contributed by atoms with E-state index in [1.54, 1.807) is 0 Å². The van der Waals surface area contributed by atoms with E-state index < -0.39 is 33.9 Å². The van der Waals surface area contributed by atoms with Crippen molar-refractivity contribution in [3.05, 3.63) is 33.6 Å². The zero-order valence-electron chi connectivity index (χ0n) is 7.79. The normalized spacial score (nSPS) is 10.8. The van der Waals surface area contributed by atoms with Crippen LogP contribution in [0.15, 0.2) is 17.1 Å². The van der Waals surface area contributed by atoms with Crippen molar-refractivity contribution in [3.63, 3.8) is 0 Å². The number of benzene rings is 1. The molecule has 1 aromatic rings. The summed E-state index contributed by atoms with van der Waals surface area (Å²) < 4.78 is 49.7.